The number of furan rings is 1. The van der Waals surface area contributed by atoms with E-state index in [2.05, 4.69) is 74.7 Å². The molecule has 0 radical (unpaired) electrons. The molecule has 0 saturated carbocycles. The standard InChI is InChI=1S/C19H38O3Si2/c1-15(21-23(8,9)18(2,3)4)17(16-13-12-14-20-16)22-24(10,11)19(5,6)7/h12-15,17H,1-11H3/t15-,17+/m0/s1. The first kappa shape index (κ1) is 21.7. The second kappa shape index (κ2) is 7.10. The van der Waals surface area contributed by atoms with Crippen LogP contribution in [0.25, 0.3) is 0 Å². The molecule has 2 atom stereocenters. The normalized spacial score (nSPS) is 17.0. The molecule has 1 heterocycles. The monoisotopic (exact) mass is 370 g/mol. The smallest absolute Gasteiger partial charge is 0.193 e. The average molecular weight is 371 g/mol. The summed E-state index contributed by atoms with van der Waals surface area (Å²) in [6.45, 7) is 24.8. The third-order valence-corrected chi connectivity index (χ3v) is 14.8. The first-order chi connectivity index (χ1) is 10.6. The van der Waals surface area contributed by atoms with Crippen molar-refractivity contribution in [3.63, 3.8) is 0 Å². The van der Waals surface area contributed by atoms with Gasteiger partial charge >= 0.3 is 0 Å². The lowest BCUT2D eigenvalue weighted by Gasteiger charge is -2.43. The fraction of sp³-hybridized carbons (Fsp3) is 0.789. The van der Waals surface area contributed by atoms with Crippen molar-refractivity contribution in [2.45, 2.75) is 96.9 Å². The molecule has 24 heavy (non-hydrogen) atoms. The van der Waals surface area contributed by atoms with E-state index in [0.717, 1.165) is 5.76 Å². The van der Waals surface area contributed by atoms with Crippen LogP contribution >= 0.6 is 0 Å². The van der Waals surface area contributed by atoms with Gasteiger partial charge in [0.2, 0.25) is 0 Å². The van der Waals surface area contributed by atoms with E-state index in [4.69, 9.17) is 13.3 Å². The van der Waals surface area contributed by atoms with Gasteiger partial charge in [-0.3, -0.25) is 0 Å². The van der Waals surface area contributed by atoms with Crippen LogP contribution in [0.2, 0.25) is 36.3 Å². The Morgan fingerprint density at radius 2 is 1.33 bits per heavy atom. The Morgan fingerprint density at radius 3 is 1.71 bits per heavy atom. The molecular formula is C19H38O3Si2. The van der Waals surface area contributed by atoms with Crippen molar-refractivity contribution >= 4 is 16.6 Å². The Hall–Kier alpha value is -0.366. The van der Waals surface area contributed by atoms with Gasteiger partial charge in [0.1, 0.15) is 11.9 Å². The highest BCUT2D eigenvalue weighted by atomic mass is 28.4. The first-order valence-corrected chi connectivity index (χ1v) is 14.8. The van der Waals surface area contributed by atoms with Gasteiger partial charge in [-0.25, -0.2) is 0 Å². The van der Waals surface area contributed by atoms with Crippen LogP contribution in [-0.2, 0) is 8.85 Å². The lowest BCUT2D eigenvalue weighted by molar-refractivity contribution is 0.0323. The molecule has 0 aliphatic carbocycles. The molecule has 140 valence electrons. The van der Waals surface area contributed by atoms with E-state index >= 15 is 0 Å². The molecule has 0 saturated heterocycles. The molecular weight excluding hydrogens is 332 g/mol. The number of rotatable bonds is 6. The molecule has 0 aliphatic heterocycles. The summed E-state index contributed by atoms with van der Waals surface area (Å²) >= 11 is 0. The molecule has 0 aromatic carbocycles. The molecule has 1 rings (SSSR count). The zero-order valence-electron chi connectivity index (χ0n) is 17.6. The Balaban J connectivity index is 3.08. The van der Waals surface area contributed by atoms with Crippen LogP contribution in [0, 0.1) is 0 Å². The zero-order valence-corrected chi connectivity index (χ0v) is 19.6. The summed E-state index contributed by atoms with van der Waals surface area (Å²) in [7, 11) is -3.80. The van der Waals surface area contributed by atoms with E-state index in [1.165, 1.54) is 0 Å². The largest absolute Gasteiger partial charge is 0.467 e. The zero-order chi connectivity index (χ0) is 19.0. The van der Waals surface area contributed by atoms with Crippen LogP contribution in [0.4, 0.5) is 0 Å². The van der Waals surface area contributed by atoms with Crippen molar-refractivity contribution in [3.8, 4) is 0 Å². The van der Waals surface area contributed by atoms with Crippen molar-refractivity contribution in [1.29, 1.82) is 0 Å². The van der Waals surface area contributed by atoms with Crippen molar-refractivity contribution in [3.05, 3.63) is 24.2 Å². The molecule has 3 nitrogen and oxygen atoms in total. The van der Waals surface area contributed by atoms with Gasteiger partial charge in [0.15, 0.2) is 16.6 Å². The summed E-state index contributed by atoms with van der Waals surface area (Å²) in [5, 5.41) is 0.320. The topological polar surface area (TPSA) is 31.6 Å². The highest BCUT2D eigenvalue weighted by Gasteiger charge is 2.44. The fourth-order valence-corrected chi connectivity index (χ4v) is 4.74. The van der Waals surface area contributed by atoms with Crippen molar-refractivity contribution in [1.82, 2.24) is 0 Å². The Kier molecular flexibility index (Phi) is 6.41. The number of hydrogen-bond donors (Lipinski definition) is 0. The predicted molar refractivity (Wildman–Crippen MR) is 107 cm³/mol. The van der Waals surface area contributed by atoms with Gasteiger partial charge in [-0.2, -0.15) is 0 Å². The second-order valence-corrected chi connectivity index (χ2v) is 19.4. The first-order valence-electron chi connectivity index (χ1n) is 8.97. The molecule has 1 aromatic rings. The average Bonchev–Trinajstić information content (AvgIpc) is 2.85. The Bertz CT molecular complexity index is 508. The van der Waals surface area contributed by atoms with Crippen molar-refractivity contribution < 1.29 is 13.3 Å². The van der Waals surface area contributed by atoms with Gasteiger partial charge in [0, 0.05) is 0 Å². The van der Waals surface area contributed by atoms with Crippen LogP contribution in [0.15, 0.2) is 22.8 Å². The van der Waals surface area contributed by atoms with Crippen molar-refractivity contribution in [2.24, 2.45) is 0 Å². The third-order valence-electron chi connectivity index (χ3n) is 5.76. The van der Waals surface area contributed by atoms with Gasteiger partial charge < -0.3 is 13.3 Å². The second-order valence-electron chi connectivity index (χ2n) is 9.90. The molecule has 5 heteroatoms. The molecule has 0 spiro atoms. The van der Waals surface area contributed by atoms with E-state index in [1.807, 2.05) is 12.1 Å². The maximum atomic E-state index is 6.71. The van der Waals surface area contributed by atoms with Gasteiger partial charge in [0.05, 0.1) is 12.4 Å². The molecule has 0 bridgehead atoms. The summed E-state index contributed by atoms with van der Waals surface area (Å²) in [5.41, 5.74) is 0. The van der Waals surface area contributed by atoms with Gasteiger partial charge in [-0.1, -0.05) is 41.5 Å². The summed E-state index contributed by atoms with van der Waals surface area (Å²) in [6, 6.07) is 3.93. The van der Waals surface area contributed by atoms with Crippen LogP contribution in [0.1, 0.15) is 60.3 Å². The van der Waals surface area contributed by atoms with Gasteiger partial charge in [-0.15, -0.1) is 0 Å². The van der Waals surface area contributed by atoms with Crippen LogP contribution in [0.3, 0.4) is 0 Å². The Morgan fingerprint density at radius 1 is 0.875 bits per heavy atom. The molecule has 0 aliphatic rings. The molecule has 0 amide bonds. The fourth-order valence-electron chi connectivity index (χ4n) is 2.04. The minimum Gasteiger partial charge on any atom is -0.467 e. The lowest BCUT2D eigenvalue weighted by Crippen LogP contribution is -2.48. The van der Waals surface area contributed by atoms with E-state index in [9.17, 15) is 0 Å². The van der Waals surface area contributed by atoms with Crippen LogP contribution < -0.4 is 0 Å². The van der Waals surface area contributed by atoms with Crippen LogP contribution in [-0.4, -0.2) is 22.7 Å². The van der Waals surface area contributed by atoms with Crippen LogP contribution in [0.5, 0.6) is 0 Å². The summed E-state index contributed by atoms with van der Waals surface area (Å²) in [5.74, 6) is 0.867. The maximum Gasteiger partial charge on any atom is 0.193 e. The van der Waals surface area contributed by atoms with E-state index in [1.54, 1.807) is 6.26 Å². The summed E-state index contributed by atoms with van der Waals surface area (Å²) < 4.78 is 19.0. The maximum absolute atomic E-state index is 6.71. The quantitative estimate of drug-likeness (QED) is 0.519. The van der Waals surface area contributed by atoms with Gasteiger partial charge in [0.25, 0.3) is 0 Å². The molecule has 0 unspecified atom stereocenters. The summed E-state index contributed by atoms with van der Waals surface area (Å²) in [6.07, 6.45) is 1.53. The van der Waals surface area contributed by atoms with E-state index in [-0.39, 0.29) is 22.3 Å². The third kappa shape index (κ3) is 5.07. The Labute approximate surface area is 151 Å². The van der Waals surface area contributed by atoms with E-state index in [0.29, 0.717) is 0 Å². The predicted octanol–water partition coefficient (Wildman–Crippen LogP) is 6.75. The SMILES string of the molecule is C[C@H](O[Si](C)(C)C(C)(C)C)[C@@H](O[Si](C)(C)C(C)(C)C)c1ccco1. The minimum atomic E-state index is -1.93. The lowest BCUT2D eigenvalue weighted by atomic mass is 10.2. The summed E-state index contributed by atoms with van der Waals surface area (Å²) in [4.78, 5) is 0. The molecule has 0 fully saturated rings. The minimum absolute atomic E-state index is 0.0360. The number of hydrogen-bond acceptors (Lipinski definition) is 3. The molecule has 0 N–H and O–H groups in total. The van der Waals surface area contributed by atoms with Gasteiger partial charge in [-0.05, 0) is 55.3 Å². The molecule has 1 aromatic heterocycles. The highest BCUT2D eigenvalue weighted by Crippen LogP contribution is 2.43. The van der Waals surface area contributed by atoms with E-state index < -0.39 is 16.6 Å². The van der Waals surface area contributed by atoms with Crippen molar-refractivity contribution in [2.75, 3.05) is 0 Å². The highest BCUT2D eigenvalue weighted by molar-refractivity contribution is 6.74.